The Morgan fingerprint density at radius 3 is 1.78 bits per heavy atom. The smallest absolute Gasteiger partial charge is 0.143 e. The molecule has 6 aromatic carbocycles. The van der Waals surface area contributed by atoms with Gasteiger partial charge in [0.1, 0.15) is 11.2 Å². The number of benzene rings is 6. The van der Waals surface area contributed by atoms with Crippen molar-refractivity contribution < 1.29 is 4.42 Å². The molecule has 7 aromatic rings. The van der Waals surface area contributed by atoms with Gasteiger partial charge in [-0.1, -0.05) is 116 Å². The van der Waals surface area contributed by atoms with Crippen LogP contribution in [0.2, 0.25) is 19.6 Å². The van der Waals surface area contributed by atoms with E-state index in [0.29, 0.717) is 0 Å². The zero-order chi connectivity index (χ0) is 25.1. The Labute approximate surface area is 218 Å². The fourth-order valence-electron chi connectivity index (χ4n) is 5.61. The normalized spacial score (nSPS) is 12.2. The molecule has 0 unspecified atom stereocenters. The molecule has 0 N–H and O–H groups in total. The van der Waals surface area contributed by atoms with Crippen molar-refractivity contribution in [2.75, 3.05) is 0 Å². The van der Waals surface area contributed by atoms with E-state index in [0.717, 1.165) is 16.6 Å². The molecule has 0 bridgehead atoms. The van der Waals surface area contributed by atoms with Gasteiger partial charge in [0.05, 0.1) is 8.07 Å². The molecule has 1 nitrogen and oxygen atoms in total. The second-order valence-electron chi connectivity index (χ2n) is 11.0. The first-order valence-electron chi connectivity index (χ1n) is 12.9. The van der Waals surface area contributed by atoms with Crippen molar-refractivity contribution in [3.63, 3.8) is 0 Å². The van der Waals surface area contributed by atoms with Gasteiger partial charge in [-0.3, -0.25) is 0 Å². The van der Waals surface area contributed by atoms with Gasteiger partial charge >= 0.3 is 0 Å². The van der Waals surface area contributed by atoms with Gasteiger partial charge in [0.25, 0.3) is 0 Å². The molecule has 178 valence electrons. The molecule has 0 saturated carbocycles. The molecule has 0 fully saturated rings. The van der Waals surface area contributed by atoms with Crippen molar-refractivity contribution in [1.29, 1.82) is 0 Å². The SMILES string of the molecule is C[Si](C)(C)c1ccc(-c2ccc3c(c2)c2ccccc2c2c4ccc(-c5ccccc5)cc4oc32)cc1. The van der Waals surface area contributed by atoms with Gasteiger partial charge < -0.3 is 4.42 Å². The number of hydrogen-bond acceptors (Lipinski definition) is 1. The third-order valence-electron chi connectivity index (χ3n) is 7.63. The minimum Gasteiger partial charge on any atom is -0.455 e. The summed E-state index contributed by atoms with van der Waals surface area (Å²) in [6.07, 6.45) is 0. The molecule has 0 amide bonds. The van der Waals surface area contributed by atoms with Crippen molar-refractivity contribution in [3.05, 3.63) is 115 Å². The maximum Gasteiger partial charge on any atom is 0.143 e. The maximum atomic E-state index is 6.64. The van der Waals surface area contributed by atoms with Crippen LogP contribution in [0.15, 0.2) is 120 Å². The van der Waals surface area contributed by atoms with Crippen LogP contribution >= 0.6 is 0 Å². The van der Waals surface area contributed by atoms with Crippen LogP contribution in [0.3, 0.4) is 0 Å². The molecule has 2 heteroatoms. The summed E-state index contributed by atoms with van der Waals surface area (Å²) in [5.74, 6) is 0. The Morgan fingerprint density at radius 1 is 0.459 bits per heavy atom. The zero-order valence-corrected chi connectivity index (χ0v) is 22.4. The van der Waals surface area contributed by atoms with E-state index >= 15 is 0 Å². The minimum absolute atomic E-state index is 0.931. The van der Waals surface area contributed by atoms with Crippen LogP contribution in [0.25, 0.3) is 65.7 Å². The van der Waals surface area contributed by atoms with Crippen molar-refractivity contribution in [3.8, 4) is 22.3 Å². The Hall–Kier alpha value is -4.14. The van der Waals surface area contributed by atoms with Gasteiger partial charge in [-0.15, -0.1) is 0 Å². The van der Waals surface area contributed by atoms with Gasteiger partial charge in [0.2, 0.25) is 0 Å². The number of rotatable bonds is 3. The predicted octanol–water partition coefficient (Wildman–Crippen LogP) is 9.77. The Morgan fingerprint density at radius 2 is 1.05 bits per heavy atom. The highest BCUT2D eigenvalue weighted by atomic mass is 28.3. The summed E-state index contributed by atoms with van der Waals surface area (Å²) >= 11 is 0. The maximum absolute atomic E-state index is 6.64. The van der Waals surface area contributed by atoms with E-state index in [2.05, 4.69) is 135 Å². The van der Waals surface area contributed by atoms with Crippen molar-refractivity contribution in [2.24, 2.45) is 0 Å². The highest BCUT2D eigenvalue weighted by Crippen LogP contribution is 2.42. The lowest BCUT2D eigenvalue weighted by Gasteiger charge is -2.17. The first-order valence-corrected chi connectivity index (χ1v) is 16.4. The lowest BCUT2D eigenvalue weighted by Crippen LogP contribution is -2.37. The third kappa shape index (κ3) is 3.60. The van der Waals surface area contributed by atoms with E-state index in [4.69, 9.17) is 4.42 Å². The van der Waals surface area contributed by atoms with Crippen LogP contribution in [-0.2, 0) is 0 Å². The van der Waals surface area contributed by atoms with Gasteiger partial charge in [0.15, 0.2) is 0 Å². The molecule has 0 aliphatic rings. The minimum atomic E-state index is -1.32. The summed E-state index contributed by atoms with van der Waals surface area (Å²) in [5, 5.41) is 8.75. The van der Waals surface area contributed by atoms with E-state index in [1.165, 1.54) is 54.4 Å². The Balaban J connectivity index is 1.47. The fourth-order valence-corrected chi connectivity index (χ4v) is 6.77. The van der Waals surface area contributed by atoms with Crippen LogP contribution in [-0.4, -0.2) is 8.07 Å². The lowest BCUT2D eigenvalue weighted by molar-refractivity contribution is 0.673. The van der Waals surface area contributed by atoms with Crippen LogP contribution in [0.5, 0.6) is 0 Å². The molecule has 0 atom stereocenters. The molecule has 1 heterocycles. The first-order chi connectivity index (χ1) is 18.0. The topological polar surface area (TPSA) is 13.1 Å². The average molecular weight is 493 g/mol. The predicted molar refractivity (Wildman–Crippen MR) is 163 cm³/mol. The van der Waals surface area contributed by atoms with E-state index < -0.39 is 8.07 Å². The quantitative estimate of drug-likeness (QED) is 0.177. The molecule has 37 heavy (non-hydrogen) atoms. The fraction of sp³-hybridized carbons (Fsp3) is 0.0857. The van der Waals surface area contributed by atoms with Crippen molar-refractivity contribution >= 4 is 56.7 Å². The Bertz CT molecular complexity index is 1940. The zero-order valence-electron chi connectivity index (χ0n) is 21.4. The van der Waals surface area contributed by atoms with Crippen molar-refractivity contribution in [2.45, 2.75) is 19.6 Å². The Kier molecular flexibility index (Phi) is 4.89. The molecule has 0 saturated heterocycles. The molecule has 7 rings (SSSR count). The second-order valence-corrected chi connectivity index (χ2v) is 16.1. The second kappa shape index (κ2) is 8.19. The number of furan rings is 1. The van der Waals surface area contributed by atoms with Crippen molar-refractivity contribution in [1.82, 2.24) is 0 Å². The molecule has 0 aliphatic carbocycles. The molecule has 0 aliphatic heterocycles. The van der Waals surface area contributed by atoms with Crippen LogP contribution in [0.1, 0.15) is 0 Å². The third-order valence-corrected chi connectivity index (χ3v) is 9.70. The van der Waals surface area contributed by atoms with Gasteiger partial charge in [-0.05, 0) is 62.7 Å². The van der Waals surface area contributed by atoms with E-state index in [1.54, 1.807) is 0 Å². The van der Waals surface area contributed by atoms with E-state index in [1.807, 2.05) is 0 Å². The molecule has 1 aromatic heterocycles. The standard InChI is InChI=1S/C35H28OSi/c1-37(2,3)27-17-13-24(14-18-27)25-15-19-30-32(21-25)28-11-7-8-12-29(28)34-31-20-16-26(22-33(31)36-35(30)34)23-9-5-4-6-10-23/h4-22H,1-3H3. The van der Waals surface area contributed by atoms with Gasteiger partial charge in [0, 0.05) is 16.2 Å². The van der Waals surface area contributed by atoms with Crippen LogP contribution in [0, 0.1) is 0 Å². The first kappa shape index (κ1) is 22.1. The summed E-state index contributed by atoms with van der Waals surface area (Å²) in [4.78, 5) is 0. The van der Waals surface area contributed by atoms with Gasteiger partial charge in [-0.2, -0.15) is 0 Å². The van der Waals surface area contributed by atoms with Gasteiger partial charge in [-0.25, -0.2) is 0 Å². The molecular weight excluding hydrogens is 464 g/mol. The number of fused-ring (bicyclic) bond motifs is 8. The highest BCUT2D eigenvalue weighted by Gasteiger charge is 2.18. The summed E-state index contributed by atoms with van der Waals surface area (Å²) in [6, 6.07) is 41.9. The monoisotopic (exact) mass is 492 g/mol. The molecule has 0 radical (unpaired) electrons. The van der Waals surface area contributed by atoms with Crippen LogP contribution < -0.4 is 5.19 Å². The largest absolute Gasteiger partial charge is 0.455 e. The summed E-state index contributed by atoms with van der Waals surface area (Å²) in [5.41, 5.74) is 6.76. The lowest BCUT2D eigenvalue weighted by atomic mass is 9.94. The summed E-state index contributed by atoms with van der Waals surface area (Å²) in [6.45, 7) is 7.18. The summed E-state index contributed by atoms with van der Waals surface area (Å²) < 4.78 is 6.64. The highest BCUT2D eigenvalue weighted by molar-refractivity contribution is 6.88. The molecule has 0 spiro atoms. The summed E-state index contributed by atoms with van der Waals surface area (Å²) in [7, 11) is -1.32. The average Bonchev–Trinajstić information content (AvgIpc) is 3.32. The molecular formula is C35H28OSi. The van der Waals surface area contributed by atoms with Crippen LogP contribution in [0.4, 0.5) is 0 Å². The number of hydrogen-bond donors (Lipinski definition) is 0. The van der Waals surface area contributed by atoms with E-state index in [9.17, 15) is 0 Å². The van der Waals surface area contributed by atoms with E-state index in [-0.39, 0.29) is 0 Å².